The summed E-state index contributed by atoms with van der Waals surface area (Å²) in [4.78, 5) is 37.9. The lowest BCUT2D eigenvalue weighted by Gasteiger charge is -2.18. The van der Waals surface area contributed by atoms with Crippen LogP contribution in [0.4, 0.5) is 0 Å². The van der Waals surface area contributed by atoms with Crippen LogP contribution in [0.2, 0.25) is 0 Å². The molecule has 0 aromatic rings. The third-order valence-corrected chi connectivity index (χ3v) is 11.7. The Morgan fingerprint density at radius 1 is 0.328 bits per heavy atom. The minimum atomic E-state index is -0.761. The maximum atomic E-state index is 12.8. The zero-order valence-electron chi connectivity index (χ0n) is 39.7. The zero-order valence-corrected chi connectivity index (χ0v) is 39.7. The molecule has 0 amide bonds. The molecule has 0 fully saturated rings. The van der Waals surface area contributed by atoms with Gasteiger partial charge in [0.05, 0.1) is 0 Å². The highest BCUT2D eigenvalue weighted by atomic mass is 16.6. The first kappa shape index (κ1) is 56.4. The molecule has 1 atom stereocenters. The molecule has 6 nitrogen and oxygen atoms in total. The van der Waals surface area contributed by atoms with Crippen LogP contribution < -0.4 is 0 Å². The van der Waals surface area contributed by atoms with Crippen molar-refractivity contribution in [2.75, 3.05) is 13.2 Å². The summed E-state index contributed by atoms with van der Waals surface area (Å²) < 4.78 is 16.8. The van der Waals surface area contributed by atoms with Crippen LogP contribution in [-0.4, -0.2) is 37.2 Å². The number of esters is 3. The molecule has 0 bridgehead atoms. The molecule has 0 radical (unpaired) electrons. The van der Waals surface area contributed by atoms with Crippen molar-refractivity contribution < 1.29 is 28.6 Å². The van der Waals surface area contributed by atoms with Gasteiger partial charge < -0.3 is 14.2 Å². The van der Waals surface area contributed by atoms with E-state index in [9.17, 15) is 14.4 Å². The minimum absolute atomic E-state index is 0.0638. The summed E-state index contributed by atoms with van der Waals surface area (Å²) in [6.45, 7) is 11.4. The summed E-state index contributed by atoms with van der Waals surface area (Å²) >= 11 is 0. The highest BCUT2D eigenvalue weighted by Gasteiger charge is 2.19. The van der Waals surface area contributed by atoms with Crippen molar-refractivity contribution in [3.05, 3.63) is 0 Å². The predicted octanol–water partition coefficient (Wildman–Crippen LogP) is 16.5. The lowest BCUT2D eigenvalue weighted by Crippen LogP contribution is -2.30. The topological polar surface area (TPSA) is 78.9 Å². The first-order valence-electron chi connectivity index (χ1n) is 25.7. The van der Waals surface area contributed by atoms with E-state index in [0.29, 0.717) is 19.3 Å². The third kappa shape index (κ3) is 45.5. The number of ether oxygens (including phenoxy) is 3. The SMILES string of the molecule is CCCCCCCCCCCCCCC(=O)O[C@H](COC(=O)CCCCCCCCCCCCCCCC(C)C)COC(=O)CCCCCCCCCCCC(C)C. The third-order valence-electron chi connectivity index (χ3n) is 11.7. The van der Waals surface area contributed by atoms with Crippen molar-refractivity contribution in [3.63, 3.8) is 0 Å². The highest BCUT2D eigenvalue weighted by Crippen LogP contribution is 2.17. The molecule has 0 saturated heterocycles. The Bertz CT molecular complexity index is 885. The summed E-state index contributed by atoms with van der Waals surface area (Å²) in [7, 11) is 0. The molecule has 0 aromatic heterocycles. The smallest absolute Gasteiger partial charge is 0.306 e. The van der Waals surface area contributed by atoms with Crippen LogP contribution in [0.3, 0.4) is 0 Å². The normalized spacial score (nSPS) is 12.1. The van der Waals surface area contributed by atoms with Crippen molar-refractivity contribution in [3.8, 4) is 0 Å². The van der Waals surface area contributed by atoms with Gasteiger partial charge in [-0.25, -0.2) is 0 Å². The molecule has 6 heteroatoms. The Morgan fingerprint density at radius 2 is 0.569 bits per heavy atom. The summed E-state index contributed by atoms with van der Waals surface area (Å²) in [6, 6.07) is 0. The Kier molecular flexibility index (Phi) is 43.7. The summed E-state index contributed by atoms with van der Waals surface area (Å²) in [6.07, 6.45) is 45.1. The number of hydrogen-bond donors (Lipinski definition) is 0. The van der Waals surface area contributed by atoms with Crippen LogP contribution in [0.25, 0.3) is 0 Å². The molecule has 344 valence electrons. The number of rotatable bonds is 46. The Hall–Kier alpha value is -1.59. The van der Waals surface area contributed by atoms with Gasteiger partial charge in [-0.1, -0.05) is 247 Å². The van der Waals surface area contributed by atoms with Gasteiger partial charge >= 0.3 is 17.9 Å². The van der Waals surface area contributed by atoms with Crippen LogP contribution in [0.1, 0.15) is 285 Å². The first-order valence-corrected chi connectivity index (χ1v) is 25.7. The summed E-state index contributed by atoms with van der Waals surface area (Å²) in [5, 5.41) is 0. The molecule has 0 saturated carbocycles. The van der Waals surface area contributed by atoms with Crippen LogP contribution >= 0.6 is 0 Å². The Labute approximate surface area is 361 Å². The molecule has 0 aliphatic carbocycles. The van der Waals surface area contributed by atoms with Gasteiger partial charge in [0.15, 0.2) is 6.10 Å². The zero-order chi connectivity index (χ0) is 42.6. The van der Waals surface area contributed by atoms with E-state index >= 15 is 0 Å². The fraction of sp³-hybridized carbons (Fsp3) is 0.942. The molecule has 0 aromatic carbocycles. The fourth-order valence-electron chi connectivity index (χ4n) is 7.81. The van der Waals surface area contributed by atoms with E-state index < -0.39 is 6.10 Å². The molecule has 58 heavy (non-hydrogen) atoms. The van der Waals surface area contributed by atoms with Gasteiger partial charge in [0.2, 0.25) is 0 Å². The number of carbonyl (C=O) groups is 3. The second kappa shape index (κ2) is 44.9. The standard InChI is InChI=1S/C52H100O6/c1-6-7-8-9-10-11-12-17-23-29-34-39-44-52(55)58-49(46-57-51(54)43-38-33-28-24-19-21-26-31-36-41-48(4)5)45-56-50(53)42-37-32-27-22-18-15-13-14-16-20-25-30-35-40-47(2)3/h47-49H,6-46H2,1-5H3/t49-/m1/s1. The molecule has 0 heterocycles. The van der Waals surface area contributed by atoms with E-state index in [0.717, 1.165) is 69.6 Å². The lowest BCUT2D eigenvalue weighted by molar-refractivity contribution is -0.167. The van der Waals surface area contributed by atoms with Gasteiger partial charge in [-0.3, -0.25) is 14.4 Å². The largest absolute Gasteiger partial charge is 0.462 e. The van der Waals surface area contributed by atoms with Crippen molar-refractivity contribution in [1.82, 2.24) is 0 Å². The number of unbranched alkanes of at least 4 members (excludes halogenated alkanes) is 31. The van der Waals surface area contributed by atoms with Gasteiger partial charge in [0.25, 0.3) is 0 Å². The van der Waals surface area contributed by atoms with E-state index in [4.69, 9.17) is 14.2 Å². The van der Waals surface area contributed by atoms with Crippen molar-refractivity contribution in [2.24, 2.45) is 11.8 Å². The Balaban J connectivity index is 4.30. The maximum Gasteiger partial charge on any atom is 0.306 e. The molecular weight excluding hydrogens is 721 g/mol. The predicted molar refractivity (Wildman–Crippen MR) is 247 cm³/mol. The molecule has 0 rings (SSSR count). The quantitative estimate of drug-likeness (QED) is 0.0346. The molecule has 0 aliphatic heterocycles. The van der Waals surface area contributed by atoms with Crippen molar-refractivity contribution >= 4 is 17.9 Å². The summed E-state index contributed by atoms with van der Waals surface area (Å²) in [5.74, 6) is 0.799. The highest BCUT2D eigenvalue weighted by molar-refractivity contribution is 5.71. The van der Waals surface area contributed by atoms with Crippen LogP contribution in [0.15, 0.2) is 0 Å². The van der Waals surface area contributed by atoms with Crippen molar-refractivity contribution in [2.45, 2.75) is 291 Å². The van der Waals surface area contributed by atoms with E-state index in [1.165, 1.54) is 173 Å². The van der Waals surface area contributed by atoms with Crippen molar-refractivity contribution in [1.29, 1.82) is 0 Å². The molecule has 0 N–H and O–H groups in total. The van der Waals surface area contributed by atoms with E-state index in [1.807, 2.05) is 0 Å². The second-order valence-corrected chi connectivity index (χ2v) is 18.8. The average Bonchev–Trinajstić information content (AvgIpc) is 3.19. The molecule has 0 spiro atoms. The fourth-order valence-corrected chi connectivity index (χ4v) is 7.81. The minimum Gasteiger partial charge on any atom is -0.462 e. The number of carbonyl (C=O) groups excluding carboxylic acids is 3. The van der Waals surface area contributed by atoms with Gasteiger partial charge in [-0.05, 0) is 31.1 Å². The molecule has 0 unspecified atom stereocenters. The van der Waals surface area contributed by atoms with Gasteiger partial charge in [0.1, 0.15) is 13.2 Å². The molecule has 0 aliphatic rings. The average molecular weight is 821 g/mol. The van der Waals surface area contributed by atoms with Crippen LogP contribution in [-0.2, 0) is 28.6 Å². The summed E-state index contributed by atoms with van der Waals surface area (Å²) in [5.41, 5.74) is 0. The van der Waals surface area contributed by atoms with E-state index in [-0.39, 0.29) is 31.1 Å². The Morgan fingerprint density at radius 3 is 0.845 bits per heavy atom. The van der Waals surface area contributed by atoms with E-state index in [1.54, 1.807) is 0 Å². The van der Waals surface area contributed by atoms with Crippen LogP contribution in [0.5, 0.6) is 0 Å². The lowest BCUT2D eigenvalue weighted by atomic mass is 10.0. The van der Waals surface area contributed by atoms with Gasteiger partial charge in [-0.2, -0.15) is 0 Å². The monoisotopic (exact) mass is 821 g/mol. The second-order valence-electron chi connectivity index (χ2n) is 18.8. The van der Waals surface area contributed by atoms with E-state index in [2.05, 4.69) is 34.6 Å². The molecular formula is C52H100O6. The number of hydrogen-bond acceptors (Lipinski definition) is 6. The van der Waals surface area contributed by atoms with Gasteiger partial charge in [-0.15, -0.1) is 0 Å². The first-order chi connectivity index (χ1) is 28.2. The maximum absolute atomic E-state index is 12.8. The van der Waals surface area contributed by atoms with Gasteiger partial charge in [0, 0.05) is 19.3 Å². The van der Waals surface area contributed by atoms with Crippen LogP contribution in [0, 0.1) is 11.8 Å².